The van der Waals surface area contributed by atoms with Gasteiger partial charge in [-0.05, 0) is 38.5 Å². The van der Waals surface area contributed by atoms with Gasteiger partial charge in [0.2, 0.25) is 0 Å². The minimum atomic E-state index is -0.638. The molecule has 1 atom stereocenters. The standard InChI is InChI=1S/C23H24FN3O3/c1-14(2)30-13-7-12-27-22(15-8-3-5-10-17(15)24)19-20(25-26-21(19)23(27)29)16-9-4-6-11-18(16)28/h3-6,8-11,14,22,28H,7,12-13H2,1-2H3,(H,25,26)/t22-/m1/s1. The molecule has 156 valence electrons. The molecule has 3 aromatic rings. The minimum absolute atomic E-state index is 0.0512. The number of rotatable bonds is 7. The first-order valence-corrected chi connectivity index (χ1v) is 10.0. The Morgan fingerprint density at radius 1 is 1.20 bits per heavy atom. The van der Waals surface area contributed by atoms with E-state index in [9.17, 15) is 14.3 Å². The number of phenolic OH excluding ortho intramolecular Hbond substituents is 1. The number of amides is 1. The molecule has 0 aliphatic carbocycles. The quantitative estimate of drug-likeness (QED) is 0.571. The Morgan fingerprint density at radius 3 is 2.67 bits per heavy atom. The maximum absolute atomic E-state index is 14.8. The molecule has 0 saturated heterocycles. The molecule has 6 nitrogen and oxygen atoms in total. The van der Waals surface area contributed by atoms with E-state index in [1.807, 2.05) is 13.8 Å². The second kappa shape index (κ2) is 8.28. The van der Waals surface area contributed by atoms with Gasteiger partial charge in [-0.2, -0.15) is 5.10 Å². The fraction of sp³-hybridized carbons (Fsp3) is 0.304. The number of nitrogens with one attached hydrogen (secondary N) is 1. The van der Waals surface area contributed by atoms with E-state index in [2.05, 4.69) is 10.2 Å². The number of aromatic amines is 1. The van der Waals surface area contributed by atoms with Crippen molar-refractivity contribution in [3.63, 3.8) is 0 Å². The Bertz CT molecular complexity index is 1060. The molecule has 0 saturated carbocycles. The lowest BCUT2D eigenvalue weighted by atomic mass is 9.95. The average molecular weight is 409 g/mol. The van der Waals surface area contributed by atoms with Crippen LogP contribution in [0, 0.1) is 5.82 Å². The molecule has 0 spiro atoms. The van der Waals surface area contributed by atoms with E-state index in [1.54, 1.807) is 47.4 Å². The molecule has 1 aliphatic heterocycles. The van der Waals surface area contributed by atoms with E-state index in [1.165, 1.54) is 6.07 Å². The van der Waals surface area contributed by atoms with Gasteiger partial charge in [-0.3, -0.25) is 9.89 Å². The summed E-state index contributed by atoms with van der Waals surface area (Å²) >= 11 is 0. The van der Waals surface area contributed by atoms with Crippen molar-refractivity contribution in [2.75, 3.05) is 13.2 Å². The summed E-state index contributed by atoms with van der Waals surface area (Å²) in [6.07, 6.45) is 0.727. The average Bonchev–Trinajstić information content (AvgIpc) is 3.25. The highest BCUT2D eigenvalue weighted by Gasteiger charge is 2.43. The summed E-state index contributed by atoms with van der Waals surface area (Å²) in [5.74, 6) is -0.580. The van der Waals surface area contributed by atoms with Crippen LogP contribution in [0.1, 0.15) is 47.9 Å². The fourth-order valence-electron chi connectivity index (χ4n) is 3.88. The molecule has 0 unspecified atom stereocenters. The van der Waals surface area contributed by atoms with E-state index in [4.69, 9.17) is 4.74 Å². The van der Waals surface area contributed by atoms with Gasteiger partial charge in [0.25, 0.3) is 5.91 Å². The molecular formula is C23H24FN3O3. The van der Waals surface area contributed by atoms with E-state index in [0.717, 1.165) is 0 Å². The summed E-state index contributed by atoms with van der Waals surface area (Å²) in [5, 5.41) is 17.5. The maximum atomic E-state index is 14.8. The summed E-state index contributed by atoms with van der Waals surface area (Å²) in [7, 11) is 0. The summed E-state index contributed by atoms with van der Waals surface area (Å²) in [6.45, 7) is 4.83. The lowest BCUT2D eigenvalue weighted by molar-refractivity contribution is 0.0599. The Labute approximate surface area is 174 Å². The van der Waals surface area contributed by atoms with Crippen molar-refractivity contribution in [1.82, 2.24) is 15.1 Å². The van der Waals surface area contributed by atoms with Crippen LogP contribution in [0.25, 0.3) is 11.3 Å². The smallest absolute Gasteiger partial charge is 0.273 e. The number of H-pyrrole nitrogens is 1. The van der Waals surface area contributed by atoms with Crippen LogP contribution >= 0.6 is 0 Å². The number of aromatic hydroxyl groups is 1. The van der Waals surface area contributed by atoms with E-state index in [0.29, 0.717) is 47.7 Å². The molecule has 2 heterocycles. The van der Waals surface area contributed by atoms with Crippen molar-refractivity contribution >= 4 is 5.91 Å². The van der Waals surface area contributed by atoms with Crippen LogP contribution in [0.2, 0.25) is 0 Å². The molecule has 1 aromatic heterocycles. The number of phenols is 1. The minimum Gasteiger partial charge on any atom is -0.507 e. The number of halogens is 1. The van der Waals surface area contributed by atoms with Crippen molar-refractivity contribution in [3.05, 3.63) is 71.2 Å². The number of hydrogen-bond acceptors (Lipinski definition) is 4. The van der Waals surface area contributed by atoms with Crippen LogP contribution in [0.4, 0.5) is 4.39 Å². The number of para-hydroxylation sites is 1. The second-order valence-corrected chi connectivity index (χ2v) is 7.57. The maximum Gasteiger partial charge on any atom is 0.273 e. The first-order chi connectivity index (χ1) is 14.5. The lowest BCUT2D eigenvalue weighted by Crippen LogP contribution is -2.31. The number of carbonyl (C=O) groups is 1. The van der Waals surface area contributed by atoms with Gasteiger partial charge < -0.3 is 14.7 Å². The molecule has 0 fully saturated rings. The van der Waals surface area contributed by atoms with E-state index < -0.39 is 11.9 Å². The number of hydrogen-bond donors (Lipinski definition) is 2. The van der Waals surface area contributed by atoms with Crippen molar-refractivity contribution in [3.8, 4) is 17.0 Å². The van der Waals surface area contributed by atoms with Gasteiger partial charge in [0.1, 0.15) is 23.0 Å². The van der Waals surface area contributed by atoms with Crippen LogP contribution in [-0.4, -0.2) is 45.4 Å². The summed E-state index contributed by atoms with van der Waals surface area (Å²) in [6, 6.07) is 12.6. The van der Waals surface area contributed by atoms with Gasteiger partial charge >= 0.3 is 0 Å². The Kier molecular flexibility index (Phi) is 5.55. The molecule has 1 amide bonds. The SMILES string of the molecule is CC(C)OCCCN1C(=O)c2[nH]nc(-c3ccccc3O)c2[C@H]1c1ccccc1F. The third-order valence-electron chi connectivity index (χ3n) is 5.22. The van der Waals surface area contributed by atoms with Crippen molar-refractivity contribution in [2.24, 2.45) is 0 Å². The predicted octanol–water partition coefficient (Wildman–Crippen LogP) is 4.28. The molecule has 1 aliphatic rings. The Balaban J connectivity index is 1.77. The third-order valence-corrected chi connectivity index (χ3v) is 5.22. The normalized spacial score (nSPS) is 15.8. The number of carbonyl (C=O) groups excluding carboxylic acids is 1. The summed E-state index contributed by atoms with van der Waals surface area (Å²) in [4.78, 5) is 14.8. The van der Waals surface area contributed by atoms with E-state index in [-0.39, 0.29) is 17.8 Å². The summed E-state index contributed by atoms with van der Waals surface area (Å²) < 4.78 is 20.4. The van der Waals surface area contributed by atoms with Crippen LogP contribution in [0.5, 0.6) is 5.75 Å². The van der Waals surface area contributed by atoms with Crippen LogP contribution in [-0.2, 0) is 4.74 Å². The predicted molar refractivity (Wildman–Crippen MR) is 111 cm³/mol. The monoisotopic (exact) mass is 409 g/mol. The Morgan fingerprint density at radius 2 is 1.93 bits per heavy atom. The number of aromatic nitrogens is 2. The highest BCUT2D eigenvalue weighted by Crippen LogP contribution is 2.44. The van der Waals surface area contributed by atoms with E-state index >= 15 is 0 Å². The van der Waals surface area contributed by atoms with Gasteiger partial charge in [0.05, 0.1) is 12.1 Å². The van der Waals surface area contributed by atoms with Crippen LogP contribution in [0.3, 0.4) is 0 Å². The molecule has 2 N–H and O–H groups in total. The summed E-state index contributed by atoms with van der Waals surface area (Å²) in [5.41, 5.74) is 2.25. The first kappa shape index (κ1) is 20.1. The topological polar surface area (TPSA) is 78.5 Å². The second-order valence-electron chi connectivity index (χ2n) is 7.57. The number of fused-ring (bicyclic) bond motifs is 1. The number of benzene rings is 2. The zero-order valence-electron chi connectivity index (χ0n) is 16.9. The van der Waals surface area contributed by atoms with Crippen LogP contribution in [0.15, 0.2) is 48.5 Å². The van der Waals surface area contributed by atoms with Gasteiger partial charge in [0, 0.05) is 29.8 Å². The first-order valence-electron chi connectivity index (χ1n) is 10.0. The fourth-order valence-corrected chi connectivity index (χ4v) is 3.88. The zero-order chi connectivity index (χ0) is 21.3. The molecule has 0 bridgehead atoms. The molecule has 2 aromatic carbocycles. The molecule has 30 heavy (non-hydrogen) atoms. The molecular weight excluding hydrogens is 385 g/mol. The van der Waals surface area contributed by atoms with Crippen LogP contribution < -0.4 is 0 Å². The molecule has 0 radical (unpaired) electrons. The molecule has 4 rings (SSSR count). The van der Waals surface area contributed by atoms with Crippen molar-refractivity contribution < 1.29 is 19.0 Å². The van der Waals surface area contributed by atoms with Gasteiger partial charge in [-0.1, -0.05) is 30.3 Å². The molecule has 7 heteroatoms. The van der Waals surface area contributed by atoms with Crippen molar-refractivity contribution in [1.29, 1.82) is 0 Å². The highest BCUT2D eigenvalue weighted by molar-refractivity contribution is 6.00. The number of nitrogens with zero attached hydrogens (tertiary/aromatic N) is 2. The van der Waals surface area contributed by atoms with Gasteiger partial charge in [-0.25, -0.2) is 4.39 Å². The number of ether oxygens (including phenoxy) is 1. The Hall–Kier alpha value is -3.19. The third kappa shape index (κ3) is 3.57. The van der Waals surface area contributed by atoms with Crippen molar-refractivity contribution in [2.45, 2.75) is 32.4 Å². The zero-order valence-corrected chi connectivity index (χ0v) is 16.9. The van der Waals surface area contributed by atoms with Gasteiger partial charge in [-0.15, -0.1) is 0 Å². The highest BCUT2D eigenvalue weighted by atomic mass is 19.1. The van der Waals surface area contributed by atoms with Gasteiger partial charge in [0.15, 0.2) is 0 Å². The largest absolute Gasteiger partial charge is 0.507 e. The lowest BCUT2D eigenvalue weighted by Gasteiger charge is -2.27.